The van der Waals surface area contributed by atoms with Crippen LogP contribution in [-0.4, -0.2) is 15.0 Å². The molecule has 1 saturated carbocycles. The molecule has 1 aliphatic carbocycles. The minimum atomic E-state index is 0.531. The van der Waals surface area contributed by atoms with E-state index in [1.165, 1.54) is 12.8 Å². The molecule has 0 amide bonds. The van der Waals surface area contributed by atoms with E-state index in [-0.39, 0.29) is 0 Å². The van der Waals surface area contributed by atoms with Crippen molar-refractivity contribution >= 4 is 5.82 Å². The summed E-state index contributed by atoms with van der Waals surface area (Å²) in [7, 11) is 0. The van der Waals surface area contributed by atoms with Crippen molar-refractivity contribution in [2.45, 2.75) is 32.6 Å². The summed E-state index contributed by atoms with van der Waals surface area (Å²) in [5, 5.41) is 0. The van der Waals surface area contributed by atoms with E-state index in [0.717, 1.165) is 22.5 Å². The summed E-state index contributed by atoms with van der Waals surface area (Å²) >= 11 is 0. The maximum Gasteiger partial charge on any atom is 0.180 e. The molecule has 0 aliphatic heterocycles. The van der Waals surface area contributed by atoms with Crippen molar-refractivity contribution in [2.75, 3.05) is 5.73 Å². The highest BCUT2D eigenvalue weighted by molar-refractivity contribution is 5.57. The Bertz CT molecular complexity index is 603. The van der Waals surface area contributed by atoms with Crippen LogP contribution < -0.4 is 5.73 Å². The normalized spacial score (nSPS) is 14.8. The Morgan fingerprint density at radius 2 is 1.94 bits per heavy atom. The zero-order valence-corrected chi connectivity index (χ0v) is 10.6. The maximum atomic E-state index is 5.86. The summed E-state index contributed by atoms with van der Waals surface area (Å²) in [4.78, 5) is 13.3. The molecule has 4 heteroatoms. The van der Waals surface area contributed by atoms with Gasteiger partial charge < -0.3 is 5.73 Å². The molecule has 1 fully saturated rings. The molecule has 0 saturated heterocycles. The Kier molecular flexibility index (Phi) is 2.51. The van der Waals surface area contributed by atoms with E-state index < -0.39 is 0 Å². The second kappa shape index (κ2) is 4.05. The van der Waals surface area contributed by atoms with E-state index in [4.69, 9.17) is 5.73 Å². The summed E-state index contributed by atoms with van der Waals surface area (Å²) in [6.45, 7) is 4.05. The minimum absolute atomic E-state index is 0.531. The van der Waals surface area contributed by atoms with Crippen LogP contribution in [0.1, 0.15) is 35.6 Å². The quantitative estimate of drug-likeness (QED) is 0.876. The summed E-state index contributed by atoms with van der Waals surface area (Å²) in [6.07, 6.45) is 4.25. The summed E-state index contributed by atoms with van der Waals surface area (Å²) in [5.74, 6) is 1.75. The lowest BCUT2D eigenvalue weighted by atomic mass is 10.1. The monoisotopic (exact) mass is 240 g/mol. The Morgan fingerprint density at radius 1 is 1.17 bits per heavy atom. The minimum Gasteiger partial charge on any atom is -0.384 e. The number of aromatic nitrogens is 3. The lowest BCUT2D eigenvalue weighted by Gasteiger charge is -2.07. The smallest absolute Gasteiger partial charge is 0.180 e. The first-order chi connectivity index (χ1) is 8.63. The van der Waals surface area contributed by atoms with E-state index in [2.05, 4.69) is 21.0 Å². The second-order valence-electron chi connectivity index (χ2n) is 4.99. The van der Waals surface area contributed by atoms with Crippen LogP contribution in [0.2, 0.25) is 0 Å². The first kappa shape index (κ1) is 11.1. The average Bonchev–Trinajstić information content (AvgIpc) is 3.11. The van der Waals surface area contributed by atoms with Gasteiger partial charge in [0, 0.05) is 23.9 Å². The number of rotatable bonds is 2. The number of aryl methyl sites for hydroxylation is 2. The number of pyridine rings is 1. The van der Waals surface area contributed by atoms with Gasteiger partial charge in [-0.3, -0.25) is 4.98 Å². The maximum absolute atomic E-state index is 5.86. The van der Waals surface area contributed by atoms with Crippen molar-refractivity contribution in [3.8, 4) is 11.5 Å². The molecule has 2 heterocycles. The SMILES string of the molecule is Cc1cnc(-c2nc(N)cc(C3CC3)n2)c(C)c1. The summed E-state index contributed by atoms with van der Waals surface area (Å²) < 4.78 is 0. The van der Waals surface area contributed by atoms with E-state index in [1.807, 2.05) is 26.1 Å². The van der Waals surface area contributed by atoms with Crippen molar-refractivity contribution in [3.63, 3.8) is 0 Å². The van der Waals surface area contributed by atoms with Gasteiger partial charge in [0.05, 0.1) is 0 Å². The molecule has 1 aliphatic rings. The molecule has 0 atom stereocenters. The van der Waals surface area contributed by atoms with E-state index in [0.29, 0.717) is 17.6 Å². The number of nitrogens with zero attached hydrogens (tertiary/aromatic N) is 3. The van der Waals surface area contributed by atoms with Crippen molar-refractivity contribution in [1.82, 2.24) is 15.0 Å². The molecular formula is C14H16N4. The van der Waals surface area contributed by atoms with Crippen LogP contribution >= 0.6 is 0 Å². The zero-order chi connectivity index (χ0) is 12.7. The van der Waals surface area contributed by atoms with Gasteiger partial charge in [0.2, 0.25) is 0 Å². The number of hydrogen-bond acceptors (Lipinski definition) is 4. The van der Waals surface area contributed by atoms with E-state index in [1.54, 1.807) is 0 Å². The predicted octanol–water partition coefficient (Wildman–Crippen LogP) is 2.62. The van der Waals surface area contributed by atoms with Gasteiger partial charge in [-0.15, -0.1) is 0 Å². The fourth-order valence-corrected chi connectivity index (χ4v) is 2.13. The average molecular weight is 240 g/mol. The fourth-order valence-electron chi connectivity index (χ4n) is 2.13. The Hall–Kier alpha value is -1.97. The molecule has 0 spiro atoms. The van der Waals surface area contributed by atoms with E-state index >= 15 is 0 Å². The van der Waals surface area contributed by atoms with Crippen LogP contribution in [0.5, 0.6) is 0 Å². The van der Waals surface area contributed by atoms with Crippen LogP contribution in [-0.2, 0) is 0 Å². The fraction of sp³-hybridized carbons (Fsp3) is 0.357. The second-order valence-corrected chi connectivity index (χ2v) is 4.99. The van der Waals surface area contributed by atoms with Crippen LogP contribution in [0.4, 0.5) is 5.82 Å². The third-order valence-electron chi connectivity index (χ3n) is 3.19. The highest BCUT2D eigenvalue weighted by atomic mass is 15.0. The first-order valence-electron chi connectivity index (χ1n) is 6.21. The molecule has 2 aromatic rings. The van der Waals surface area contributed by atoms with Gasteiger partial charge in [-0.05, 0) is 37.8 Å². The first-order valence-corrected chi connectivity index (χ1v) is 6.21. The Morgan fingerprint density at radius 3 is 2.61 bits per heavy atom. The zero-order valence-electron chi connectivity index (χ0n) is 10.6. The summed E-state index contributed by atoms with van der Waals surface area (Å²) in [6, 6.07) is 3.97. The molecule has 2 aromatic heterocycles. The van der Waals surface area contributed by atoms with Crippen molar-refractivity contribution in [2.24, 2.45) is 0 Å². The van der Waals surface area contributed by atoms with Crippen molar-refractivity contribution in [1.29, 1.82) is 0 Å². The Balaban J connectivity index is 2.10. The van der Waals surface area contributed by atoms with E-state index in [9.17, 15) is 0 Å². The number of nitrogens with two attached hydrogens (primary N) is 1. The molecule has 0 unspecified atom stereocenters. The van der Waals surface area contributed by atoms with Crippen LogP contribution in [0.25, 0.3) is 11.5 Å². The number of nitrogen functional groups attached to an aromatic ring is 1. The van der Waals surface area contributed by atoms with Gasteiger partial charge in [-0.25, -0.2) is 9.97 Å². The molecular weight excluding hydrogens is 224 g/mol. The van der Waals surface area contributed by atoms with Gasteiger partial charge in [0.15, 0.2) is 5.82 Å². The third-order valence-corrected chi connectivity index (χ3v) is 3.19. The topological polar surface area (TPSA) is 64.7 Å². The number of anilines is 1. The molecule has 18 heavy (non-hydrogen) atoms. The van der Waals surface area contributed by atoms with Crippen molar-refractivity contribution in [3.05, 3.63) is 35.2 Å². The molecule has 2 N–H and O–H groups in total. The van der Waals surface area contributed by atoms with Gasteiger partial charge in [0.1, 0.15) is 11.5 Å². The summed E-state index contributed by atoms with van der Waals surface area (Å²) in [5.41, 5.74) is 9.97. The highest BCUT2D eigenvalue weighted by Gasteiger charge is 2.26. The molecule has 4 nitrogen and oxygen atoms in total. The largest absolute Gasteiger partial charge is 0.384 e. The Labute approximate surface area is 106 Å². The molecule has 0 radical (unpaired) electrons. The van der Waals surface area contributed by atoms with Crippen LogP contribution in [0, 0.1) is 13.8 Å². The van der Waals surface area contributed by atoms with Crippen LogP contribution in [0.15, 0.2) is 18.3 Å². The van der Waals surface area contributed by atoms with Gasteiger partial charge in [0.25, 0.3) is 0 Å². The van der Waals surface area contributed by atoms with Crippen LogP contribution in [0.3, 0.4) is 0 Å². The third kappa shape index (κ3) is 2.06. The predicted molar refractivity (Wildman–Crippen MR) is 71.1 cm³/mol. The number of hydrogen-bond donors (Lipinski definition) is 1. The van der Waals surface area contributed by atoms with Gasteiger partial charge in [-0.1, -0.05) is 6.07 Å². The van der Waals surface area contributed by atoms with Crippen molar-refractivity contribution < 1.29 is 0 Å². The van der Waals surface area contributed by atoms with Gasteiger partial charge >= 0.3 is 0 Å². The van der Waals surface area contributed by atoms with Gasteiger partial charge in [-0.2, -0.15) is 0 Å². The molecule has 3 rings (SSSR count). The standard InChI is InChI=1S/C14H16N4/c1-8-5-9(2)13(16-7-8)14-17-11(10-3-4-10)6-12(15)18-14/h5-7,10H,3-4H2,1-2H3,(H2,15,17,18). The molecule has 0 bridgehead atoms. The highest BCUT2D eigenvalue weighted by Crippen LogP contribution is 2.39. The molecule has 92 valence electrons. The lowest BCUT2D eigenvalue weighted by Crippen LogP contribution is -2.02. The molecule has 0 aromatic carbocycles. The lowest BCUT2D eigenvalue weighted by molar-refractivity contribution is 0.988.